The topological polar surface area (TPSA) is 51.0 Å². The molecule has 0 amide bonds. The van der Waals surface area contributed by atoms with Crippen LogP contribution in [0.1, 0.15) is 30.1 Å². The van der Waals surface area contributed by atoms with Crippen LogP contribution in [0.5, 0.6) is 0 Å². The van der Waals surface area contributed by atoms with Gasteiger partial charge in [0.15, 0.2) is 5.82 Å². The molecular formula is C15H17F2N3O. The van der Waals surface area contributed by atoms with Gasteiger partial charge in [-0.25, -0.2) is 8.78 Å². The zero-order valence-corrected chi connectivity index (χ0v) is 11.8. The first-order valence-electron chi connectivity index (χ1n) is 7.07. The summed E-state index contributed by atoms with van der Waals surface area (Å²) in [6.07, 6.45) is 3.40. The van der Waals surface area contributed by atoms with E-state index in [1.165, 1.54) is 25.0 Å². The van der Waals surface area contributed by atoms with E-state index in [9.17, 15) is 8.78 Å². The van der Waals surface area contributed by atoms with E-state index < -0.39 is 11.6 Å². The van der Waals surface area contributed by atoms with Gasteiger partial charge in [-0.15, -0.1) is 0 Å². The summed E-state index contributed by atoms with van der Waals surface area (Å²) in [5.74, 6) is 0.492. The first-order chi connectivity index (χ1) is 10.1. The van der Waals surface area contributed by atoms with Crippen molar-refractivity contribution < 1.29 is 13.3 Å². The van der Waals surface area contributed by atoms with Gasteiger partial charge in [0, 0.05) is 24.9 Å². The lowest BCUT2D eigenvalue weighted by atomic mass is 10.1. The molecule has 1 aromatic carbocycles. The minimum absolute atomic E-state index is 0.256. The van der Waals surface area contributed by atoms with Crippen molar-refractivity contribution in [3.05, 3.63) is 47.1 Å². The van der Waals surface area contributed by atoms with Crippen LogP contribution in [0.3, 0.4) is 0 Å². The van der Waals surface area contributed by atoms with Gasteiger partial charge in [0.2, 0.25) is 5.89 Å². The summed E-state index contributed by atoms with van der Waals surface area (Å²) in [5, 5.41) is 7.14. The van der Waals surface area contributed by atoms with Crippen molar-refractivity contribution in [1.29, 1.82) is 0 Å². The highest BCUT2D eigenvalue weighted by atomic mass is 19.1. The van der Waals surface area contributed by atoms with E-state index in [-0.39, 0.29) is 6.42 Å². The summed E-state index contributed by atoms with van der Waals surface area (Å²) >= 11 is 0. The lowest BCUT2D eigenvalue weighted by Crippen LogP contribution is -2.29. The molecule has 0 aliphatic heterocycles. The standard InChI is InChI=1S/C15H17F2N3O/c1-18-13(10-2-3-10)8-15-19-14(20-21-15)6-9-4-11(16)7-12(17)5-9/h4-5,7,10,13,18H,2-3,6,8H2,1H3. The molecule has 0 bridgehead atoms. The van der Waals surface area contributed by atoms with E-state index >= 15 is 0 Å². The minimum Gasteiger partial charge on any atom is -0.339 e. The van der Waals surface area contributed by atoms with Gasteiger partial charge in [0.25, 0.3) is 0 Å². The highest BCUT2D eigenvalue weighted by molar-refractivity contribution is 5.21. The number of nitrogens with one attached hydrogen (secondary N) is 1. The summed E-state index contributed by atoms with van der Waals surface area (Å²) in [4.78, 5) is 4.30. The second kappa shape index (κ2) is 5.89. The van der Waals surface area contributed by atoms with Crippen molar-refractivity contribution in [2.75, 3.05) is 7.05 Å². The number of hydrogen-bond donors (Lipinski definition) is 1. The molecule has 1 aromatic heterocycles. The normalized spacial score (nSPS) is 16.1. The fourth-order valence-corrected chi connectivity index (χ4v) is 2.53. The molecule has 0 spiro atoms. The number of aromatic nitrogens is 2. The van der Waals surface area contributed by atoms with Crippen LogP contribution < -0.4 is 5.32 Å². The van der Waals surface area contributed by atoms with Crippen molar-refractivity contribution in [3.8, 4) is 0 Å². The predicted molar refractivity (Wildman–Crippen MR) is 72.7 cm³/mol. The third-order valence-corrected chi connectivity index (χ3v) is 3.75. The van der Waals surface area contributed by atoms with Crippen LogP contribution in [0.15, 0.2) is 22.7 Å². The lowest BCUT2D eigenvalue weighted by Gasteiger charge is -2.11. The van der Waals surface area contributed by atoms with E-state index in [1.807, 2.05) is 7.05 Å². The molecule has 0 saturated heterocycles. The van der Waals surface area contributed by atoms with Crippen LogP contribution in [0.2, 0.25) is 0 Å². The lowest BCUT2D eigenvalue weighted by molar-refractivity contribution is 0.349. The maximum atomic E-state index is 13.1. The van der Waals surface area contributed by atoms with Gasteiger partial charge in [-0.2, -0.15) is 4.98 Å². The van der Waals surface area contributed by atoms with Crippen LogP contribution in [0, 0.1) is 17.6 Å². The number of benzene rings is 1. The molecule has 1 fully saturated rings. The Balaban J connectivity index is 1.66. The molecule has 1 heterocycles. The minimum atomic E-state index is -0.599. The van der Waals surface area contributed by atoms with Gasteiger partial charge in [0.1, 0.15) is 11.6 Å². The molecule has 1 aliphatic rings. The van der Waals surface area contributed by atoms with E-state index in [1.54, 1.807) is 0 Å². The molecule has 0 radical (unpaired) electrons. The first-order valence-corrected chi connectivity index (χ1v) is 7.07. The van der Waals surface area contributed by atoms with Gasteiger partial charge < -0.3 is 9.84 Å². The predicted octanol–water partition coefficient (Wildman–Crippen LogP) is 2.48. The summed E-state index contributed by atoms with van der Waals surface area (Å²) in [5.41, 5.74) is 0.493. The monoisotopic (exact) mass is 293 g/mol. The van der Waals surface area contributed by atoms with Crippen molar-refractivity contribution in [2.45, 2.75) is 31.7 Å². The SMILES string of the molecule is CNC(Cc1nc(Cc2cc(F)cc(F)c2)no1)C1CC1. The Hall–Kier alpha value is -1.82. The largest absolute Gasteiger partial charge is 0.339 e. The summed E-state index contributed by atoms with van der Waals surface area (Å²) < 4.78 is 31.5. The third kappa shape index (κ3) is 3.64. The molecule has 1 atom stereocenters. The van der Waals surface area contributed by atoms with Gasteiger partial charge in [-0.3, -0.25) is 0 Å². The van der Waals surface area contributed by atoms with Crippen molar-refractivity contribution in [1.82, 2.24) is 15.5 Å². The zero-order chi connectivity index (χ0) is 14.8. The van der Waals surface area contributed by atoms with Gasteiger partial charge in [0.05, 0.1) is 0 Å². The van der Waals surface area contributed by atoms with Crippen LogP contribution in [-0.2, 0) is 12.8 Å². The van der Waals surface area contributed by atoms with Crippen LogP contribution in [-0.4, -0.2) is 23.2 Å². The number of hydrogen-bond acceptors (Lipinski definition) is 4. The molecule has 112 valence electrons. The Morgan fingerprint density at radius 3 is 2.62 bits per heavy atom. The molecular weight excluding hydrogens is 276 g/mol. The Morgan fingerprint density at radius 2 is 2.00 bits per heavy atom. The van der Waals surface area contributed by atoms with Crippen LogP contribution in [0.4, 0.5) is 8.78 Å². The Kier molecular flexibility index (Phi) is 3.96. The van der Waals surface area contributed by atoms with Crippen molar-refractivity contribution >= 4 is 0 Å². The first kappa shape index (κ1) is 14.1. The average molecular weight is 293 g/mol. The maximum absolute atomic E-state index is 13.1. The molecule has 1 aliphatic carbocycles. The second-order valence-electron chi connectivity index (χ2n) is 5.50. The molecule has 1 unspecified atom stereocenters. The number of rotatable bonds is 6. The maximum Gasteiger partial charge on any atom is 0.228 e. The van der Waals surface area contributed by atoms with Gasteiger partial charge in [-0.1, -0.05) is 5.16 Å². The van der Waals surface area contributed by atoms with Crippen LogP contribution in [0.25, 0.3) is 0 Å². The Bertz CT molecular complexity index is 605. The molecule has 21 heavy (non-hydrogen) atoms. The van der Waals surface area contributed by atoms with Gasteiger partial charge in [-0.05, 0) is 43.5 Å². The highest BCUT2D eigenvalue weighted by Gasteiger charge is 2.31. The fraction of sp³-hybridized carbons (Fsp3) is 0.467. The van der Waals surface area contributed by atoms with Crippen molar-refractivity contribution in [2.24, 2.45) is 5.92 Å². The van der Waals surface area contributed by atoms with Crippen molar-refractivity contribution in [3.63, 3.8) is 0 Å². The Labute approximate surface area is 121 Å². The summed E-state index contributed by atoms with van der Waals surface area (Å²) in [7, 11) is 1.93. The van der Waals surface area contributed by atoms with Gasteiger partial charge >= 0.3 is 0 Å². The molecule has 4 nitrogen and oxygen atoms in total. The molecule has 2 aromatic rings. The molecule has 6 heteroatoms. The van der Waals surface area contributed by atoms with E-state index in [4.69, 9.17) is 4.52 Å². The number of nitrogens with zero attached hydrogens (tertiary/aromatic N) is 2. The average Bonchev–Trinajstić information content (AvgIpc) is 3.17. The fourth-order valence-electron chi connectivity index (χ4n) is 2.53. The van der Waals surface area contributed by atoms with E-state index in [2.05, 4.69) is 15.5 Å². The quantitative estimate of drug-likeness (QED) is 0.889. The Morgan fingerprint density at radius 1 is 1.29 bits per heavy atom. The number of likely N-dealkylation sites (N-methyl/N-ethyl adjacent to an activating group) is 1. The zero-order valence-electron chi connectivity index (χ0n) is 11.8. The van der Waals surface area contributed by atoms with E-state index in [0.29, 0.717) is 35.7 Å². The molecule has 3 rings (SSSR count). The highest BCUT2D eigenvalue weighted by Crippen LogP contribution is 2.33. The summed E-state index contributed by atoms with van der Waals surface area (Å²) in [6, 6.07) is 3.75. The van der Waals surface area contributed by atoms with Crippen LogP contribution >= 0.6 is 0 Å². The third-order valence-electron chi connectivity index (χ3n) is 3.75. The van der Waals surface area contributed by atoms with E-state index in [0.717, 1.165) is 6.07 Å². The molecule has 1 saturated carbocycles. The number of halogens is 2. The smallest absolute Gasteiger partial charge is 0.228 e. The second-order valence-corrected chi connectivity index (χ2v) is 5.50. The molecule has 1 N–H and O–H groups in total. The summed E-state index contributed by atoms with van der Waals surface area (Å²) in [6.45, 7) is 0.